The summed E-state index contributed by atoms with van der Waals surface area (Å²) < 4.78 is 10.2. The summed E-state index contributed by atoms with van der Waals surface area (Å²) >= 11 is 0. The first-order valence-corrected chi connectivity index (χ1v) is 12.2. The fourth-order valence-corrected chi connectivity index (χ4v) is 4.35. The lowest BCUT2D eigenvalue weighted by Gasteiger charge is -2.20. The molecule has 2 aromatic carbocycles. The summed E-state index contributed by atoms with van der Waals surface area (Å²) in [6.07, 6.45) is 0.427. The molecule has 0 unspecified atom stereocenters. The Morgan fingerprint density at radius 3 is 1.90 bits per heavy atom. The number of ether oxygens (including phenoxy) is 2. The fraction of sp³-hybridized carbons (Fsp3) is 0.417. The van der Waals surface area contributed by atoms with E-state index in [2.05, 4.69) is 36.4 Å². The fourth-order valence-electron chi connectivity index (χ4n) is 3.22. The van der Waals surface area contributed by atoms with Gasteiger partial charge in [0.05, 0.1) is 0 Å². The molecule has 1 aliphatic carbocycles. The molecule has 6 heteroatoms. The van der Waals surface area contributed by atoms with Gasteiger partial charge in [-0.25, -0.2) is 4.79 Å². The number of carbonyl (C=O) groups is 2. The van der Waals surface area contributed by atoms with Gasteiger partial charge < -0.3 is 9.47 Å². The van der Waals surface area contributed by atoms with E-state index in [1.54, 1.807) is 21.6 Å². The SMILES string of the molecule is CC(C)(C)OC(=O)C1(C)SS1.CCC(=O)OCC1c2ccccc2-c2ccccc21. The second-order valence-electron chi connectivity index (χ2n) is 8.38. The highest BCUT2D eigenvalue weighted by molar-refractivity contribution is 8.94. The van der Waals surface area contributed by atoms with E-state index in [0.717, 1.165) is 0 Å². The molecule has 0 bridgehead atoms. The number of rotatable bonds is 4. The van der Waals surface area contributed by atoms with Gasteiger partial charge in [-0.1, -0.05) is 77.0 Å². The molecule has 0 saturated carbocycles. The van der Waals surface area contributed by atoms with Crippen molar-refractivity contribution in [2.24, 2.45) is 0 Å². The zero-order chi connectivity index (χ0) is 21.9. The van der Waals surface area contributed by atoms with Crippen LogP contribution in [0.25, 0.3) is 11.1 Å². The maximum Gasteiger partial charge on any atom is 0.334 e. The predicted molar refractivity (Wildman–Crippen MR) is 124 cm³/mol. The number of carbonyl (C=O) groups excluding carboxylic acids is 2. The molecule has 2 aliphatic rings. The van der Waals surface area contributed by atoms with Gasteiger partial charge in [0, 0.05) is 12.3 Å². The Bertz CT molecular complexity index is 883. The Morgan fingerprint density at radius 1 is 0.967 bits per heavy atom. The average Bonchev–Trinajstić information content (AvgIpc) is 3.39. The van der Waals surface area contributed by atoms with Crippen LogP contribution in [0.3, 0.4) is 0 Å². The minimum absolute atomic E-state index is 0.111. The highest BCUT2D eigenvalue weighted by Crippen LogP contribution is 2.65. The van der Waals surface area contributed by atoms with Crippen LogP contribution in [0, 0.1) is 0 Å². The van der Waals surface area contributed by atoms with Gasteiger partial charge in [-0.3, -0.25) is 4.79 Å². The van der Waals surface area contributed by atoms with Crippen LogP contribution in [-0.4, -0.2) is 28.2 Å². The summed E-state index contributed by atoms with van der Waals surface area (Å²) in [7, 11) is 3.12. The lowest BCUT2D eigenvalue weighted by Crippen LogP contribution is -2.30. The molecule has 1 heterocycles. The third-order valence-corrected chi connectivity index (χ3v) is 7.77. The van der Waals surface area contributed by atoms with Crippen molar-refractivity contribution in [1.29, 1.82) is 0 Å². The van der Waals surface area contributed by atoms with Gasteiger partial charge in [0.2, 0.25) is 0 Å². The zero-order valence-corrected chi connectivity index (χ0v) is 19.7. The van der Waals surface area contributed by atoms with Crippen LogP contribution in [0.4, 0.5) is 0 Å². The van der Waals surface area contributed by atoms with Crippen LogP contribution < -0.4 is 0 Å². The van der Waals surface area contributed by atoms with Gasteiger partial charge in [0.15, 0.2) is 4.08 Å². The molecule has 160 valence electrons. The minimum atomic E-state index is -0.357. The maximum absolute atomic E-state index is 11.4. The van der Waals surface area contributed by atoms with E-state index in [1.165, 1.54) is 22.3 Å². The molecule has 1 aliphatic heterocycles. The highest BCUT2D eigenvalue weighted by atomic mass is 33.2. The Morgan fingerprint density at radius 2 is 1.47 bits per heavy atom. The molecule has 0 aromatic heterocycles. The lowest BCUT2D eigenvalue weighted by molar-refractivity contribution is -0.154. The molecule has 0 N–H and O–H groups in total. The normalized spacial score (nSPS) is 15.9. The third-order valence-electron chi connectivity index (χ3n) is 4.77. The van der Waals surface area contributed by atoms with E-state index >= 15 is 0 Å². The van der Waals surface area contributed by atoms with E-state index in [-0.39, 0.29) is 27.5 Å². The molecule has 1 saturated heterocycles. The van der Waals surface area contributed by atoms with Crippen molar-refractivity contribution in [3.63, 3.8) is 0 Å². The molecule has 0 spiro atoms. The maximum atomic E-state index is 11.4. The molecule has 0 amide bonds. The topological polar surface area (TPSA) is 52.6 Å². The van der Waals surface area contributed by atoms with Crippen molar-refractivity contribution in [3.05, 3.63) is 59.7 Å². The van der Waals surface area contributed by atoms with Crippen LogP contribution in [0.2, 0.25) is 0 Å². The smallest absolute Gasteiger partial charge is 0.334 e. The number of esters is 2. The number of fused-ring (bicyclic) bond motifs is 3. The van der Waals surface area contributed by atoms with Gasteiger partial charge in [0.1, 0.15) is 12.2 Å². The van der Waals surface area contributed by atoms with E-state index in [1.807, 2.05) is 46.8 Å². The molecule has 0 radical (unpaired) electrons. The summed E-state index contributed by atoms with van der Waals surface area (Å²) in [6.45, 7) is 9.78. The van der Waals surface area contributed by atoms with Crippen LogP contribution in [0.15, 0.2) is 48.5 Å². The van der Waals surface area contributed by atoms with Crippen molar-refractivity contribution >= 4 is 33.5 Å². The second kappa shape index (κ2) is 9.06. The first kappa shape index (κ1) is 22.8. The quantitative estimate of drug-likeness (QED) is 0.318. The van der Waals surface area contributed by atoms with E-state index in [9.17, 15) is 9.59 Å². The van der Waals surface area contributed by atoms with Crippen LogP contribution in [0.5, 0.6) is 0 Å². The predicted octanol–water partition coefficient (Wildman–Crippen LogP) is 6.19. The number of hydrogen-bond acceptors (Lipinski definition) is 6. The highest BCUT2D eigenvalue weighted by Gasteiger charge is 2.51. The summed E-state index contributed by atoms with van der Waals surface area (Å²) in [5.74, 6) is -0.0789. The van der Waals surface area contributed by atoms with Gasteiger partial charge in [-0.2, -0.15) is 0 Å². The van der Waals surface area contributed by atoms with Crippen molar-refractivity contribution in [2.45, 2.75) is 56.6 Å². The van der Waals surface area contributed by atoms with Gasteiger partial charge in [-0.05, 0) is 49.9 Å². The monoisotopic (exact) mass is 444 g/mol. The third kappa shape index (κ3) is 5.41. The first-order valence-electron chi connectivity index (χ1n) is 10.1. The Hall–Kier alpha value is -1.92. The molecule has 2 aromatic rings. The first-order chi connectivity index (χ1) is 14.1. The summed E-state index contributed by atoms with van der Waals surface area (Å²) in [6, 6.07) is 16.7. The summed E-state index contributed by atoms with van der Waals surface area (Å²) in [4.78, 5) is 22.6. The molecule has 30 heavy (non-hydrogen) atoms. The van der Waals surface area contributed by atoms with Crippen LogP contribution >= 0.6 is 21.6 Å². The Kier molecular flexibility index (Phi) is 6.88. The molecule has 1 fully saturated rings. The van der Waals surface area contributed by atoms with E-state index in [4.69, 9.17) is 9.47 Å². The minimum Gasteiger partial charge on any atom is -0.465 e. The Labute approximate surface area is 186 Å². The van der Waals surface area contributed by atoms with E-state index < -0.39 is 0 Å². The van der Waals surface area contributed by atoms with Crippen molar-refractivity contribution in [3.8, 4) is 11.1 Å². The van der Waals surface area contributed by atoms with Gasteiger partial charge in [-0.15, -0.1) is 0 Å². The summed E-state index contributed by atoms with van der Waals surface area (Å²) in [5, 5.41) is 0. The average molecular weight is 445 g/mol. The van der Waals surface area contributed by atoms with Gasteiger partial charge in [0.25, 0.3) is 0 Å². The number of hydrogen-bond donors (Lipinski definition) is 0. The Balaban J connectivity index is 0.000000199. The standard InChI is InChI=1S/C17H16O2.C7H12O2S2/c1-2-17(18)19-11-16-14-9-5-3-7-12(14)13-8-4-6-10-15(13)16;1-6(2,3)9-5(8)7(4)10-11-7/h3-10,16H,2,11H2,1H3;1-4H3. The summed E-state index contributed by atoms with van der Waals surface area (Å²) in [5.41, 5.74) is 4.68. The van der Waals surface area contributed by atoms with Crippen LogP contribution in [-0.2, 0) is 19.1 Å². The van der Waals surface area contributed by atoms with Gasteiger partial charge >= 0.3 is 11.9 Å². The largest absolute Gasteiger partial charge is 0.465 e. The van der Waals surface area contributed by atoms with Crippen molar-refractivity contribution < 1.29 is 19.1 Å². The lowest BCUT2D eigenvalue weighted by atomic mass is 9.98. The van der Waals surface area contributed by atoms with E-state index in [0.29, 0.717) is 13.0 Å². The molecular formula is C24H28O4S2. The molecule has 0 atom stereocenters. The van der Waals surface area contributed by atoms with Crippen molar-refractivity contribution in [1.82, 2.24) is 0 Å². The van der Waals surface area contributed by atoms with Crippen LogP contribution in [0.1, 0.15) is 58.1 Å². The number of benzene rings is 2. The molecule has 4 nitrogen and oxygen atoms in total. The molecule has 4 rings (SSSR count). The second-order valence-corrected chi connectivity index (χ2v) is 11.6. The van der Waals surface area contributed by atoms with Crippen molar-refractivity contribution in [2.75, 3.05) is 6.61 Å². The molecular weight excluding hydrogens is 416 g/mol. The zero-order valence-electron chi connectivity index (χ0n) is 18.1.